The highest BCUT2D eigenvalue weighted by Gasteiger charge is 2.25. The van der Waals surface area contributed by atoms with Gasteiger partial charge in [-0.15, -0.1) is 0 Å². The molecule has 0 bridgehead atoms. The molecule has 1 aromatic heterocycles. The molecule has 2 aromatic carbocycles. The van der Waals surface area contributed by atoms with Crippen LogP contribution in [0.1, 0.15) is 5.56 Å². The van der Waals surface area contributed by atoms with Gasteiger partial charge in [-0.2, -0.15) is 5.10 Å². The Kier molecular flexibility index (Phi) is 3.89. The standard InChI is InChI=1S/C16H12ClN5O3S/c17-13-7-14-10(6-16(23)20-14)5-15(13)26(24,25)21-11-1-3-12(4-2-11)22-9-18-8-19-22/h1-5,7-9,21H,6H2,(H,20,23). The van der Waals surface area contributed by atoms with Crippen LogP contribution in [0.2, 0.25) is 5.02 Å². The highest BCUT2D eigenvalue weighted by Crippen LogP contribution is 2.33. The number of rotatable bonds is 4. The number of benzene rings is 2. The van der Waals surface area contributed by atoms with E-state index < -0.39 is 10.0 Å². The van der Waals surface area contributed by atoms with Gasteiger partial charge in [-0.3, -0.25) is 9.52 Å². The topological polar surface area (TPSA) is 106 Å². The van der Waals surface area contributed by atoms with Crippen LogP contribution in [0.25, 0.3) is 5.69 Å². The van der Waals surface area contributed by atoms with Gasteiger partial charge in [-0.25, -0.2) is 18.1 Å². The van der Waals surface area contributed by atoms with Crippen molar-refractivity contribution in [1.82, 2.24) is 14.8 Å². The predicted molar refractivity (Wildman–Crippen MR) is 96.0 cm³/mol. The monoisotopic (exact) mass is 389 g/mol. The number of nitrogens with one attached hydrogen (secondary N) is 2. The maximum absolute atomic E-state index is 12.7. The largest absolute Gasteiger partial charge is 0.325 e. The molecule has 1 aliphatic heterocycles. The average molecular weight is 390 g/mol. The summed E-state index contributed by atoms with van der Waals surface area (Å²) in [7, 11) is -3.91. The molecule has 2 heterocycles. The molecule has 0 unspecified atom stereocenters. The zero-order chi connectivity index (χ0) is 18.3. The summed E-state index contributed by atoms with van der Waals surface area (Å²) in [6, 6.07) is 9.51. The van der Waals surface area contributed by atoms with Crippen molar-refractivity contribution in [3.8, 4) is 5.69 Å². The molecular formula is C16H12ClN5O3S. The Labute approximate surface area is 153 Å². The van der Waals surface area contributed by atoms with Gasteiger partial charge in [0.25, 0.3) is 10.0 Å². The van der Waals surface area contributed by atoms with E-state index in [2.05, 4.69) is 20.1 Å². The van der Waals surface area contributed by atoms with Crippen molar-refractivity contribution in [3.05, 3.63) is 59.6 Å². The zero-order valence-electron chi connectivity index (χ0n) is 13.2. The lowest BCUT2D eigenvalue weighted by atomic mass is 10.2. The molecule has 0 atom stereocenters. The summed E-state index contributed by atoms with van der Waals surface area (Å²) in [5.41, 5.74) is 2.25. The Balaban J connectivity index is 1.62. The second kappa shape index (κ2) is 6.11. The Morgan fingerprint density at radius 1 is 1.19 bits per heavy atom. The number of sulfonamides is 1. The van der Waals surface area contributed by atoms with Gasteiger partial charge in [-0.05, 0) is 42.0 Å². The lowest BCUT2D eigenvalue weighted by Gasteiger charge is -2.11. The van der Waals surface area contributed by atoms with Crippen LogP contribution in [0.15, 0.2) is 53.9 Å². The zero-order valence-corrected chi connectivity index (χ0v) is 14.8. The summed E-state index contributed by atoms with van der Waals surface area (Å²) in [5.74, 6) is -0.192. The Bertz CT molecular complexity index is 1100. The van der Waals surface area contributed by atoms with Crippen LogP contribution in [0, 0.1) is 0 Å². The number of anilines is 2. The number of nitrogens with zero attached hydrogens (tertiary/aromatic N) is 3. The fourth-order valence-electron chi connectivity index (χ4n) is 2.67. The molecule has 26 heavy (non-hydrogen) atoms. The van der Waals surface area contributed by atoms with Crippen molar-refractivity contribution >= 4 is 38.9 Å². The fourth-order valence-corrected chi connectivity index (χ4v) is 4.30. The van der Waals surface area contributed by atoms with Crippen LogP contribution in [-0.2, 0) is 21.2 Å². The molecule has 132 valence electrons. The average Bonchev–Trinajstić information content (AvgIpc) is 3.23. The molecule has 0 fully saturated rings. The number of halogens is 1. The number of amides is 1. The molecule has 0 radical (unpaired) electrons. The lowest BCUT2D eigenvalue weighted by molar-refractivity contribution is -0.115. The summed E-state index contributed by atoms with van der Waals surface area (Å²) >= 11 is 6.11. The van der Waals surface area contributed by atoms with E-state index in [1.54, 1.807) is 35.3 Å². The molecule has 2 N–H and O–H groups in total. The van der Waals surface area contributed by atoms with E-state index >= 15 is 0 Å². The molecule has 1 aliphatic rings. The molecule has 4 rings (SSSR count). The van der Waals surface area contributed by atoms with Gasteiger partial charge in [-0.1, -0.05) is 11.6 Å². The molecule has 0 spiro atoms. The van der Waals surface area contributed by atoms with Gasteiger partial charge in [0.15, 0.2) is 0 Å². The van der Waals surface area contributed by atoms with E-state index in [9.17, 15) is 13.2 Å². The van der Waals surface area contributed by atoms with Gasteiger partial charge in [0.05, 0.1) is 17.1 Å². The van der Waals surface area contributed by atoms with E-state index in [0.717, 1.165) is 5.69 Å². The summed E-state index contributed by atoms with van der Waals surface area (Å²) in [5, 5.41) is 6.68. The highest BCUT2D eigenvalue weighted by atomic mass is 35.5. The number of hydrogen-bond donors (Lipinski definition) is 2. The van der Waals surface area contributed by atoms with Gasteiger partial charge in [0.2, 0.25) is 5.91 Å². The van der Waals surface area contributed by atoms with Crippen LogP contribution in [0.5, 0.6) is 0 Å². The molecule has 3 aromatic rings. The number of fused-ring (bicyclic) bond motifs is 1. The molecule has 10 heteroatoms. The minimum absolute atomic E-state index is 0.0395. The minimum Gasteiger partial charge on any atom is -0.325 e. The van der Waals surface area contributed by atoms with E-state index in [1.807, 2.05) is 0 Å². The maximum Gasteiger partial charge on any atom is 0.263 e. The van der Waals surface area contributed by atoms with Crippen molar-refractivity contribution in [2.24, 2.45) is 0 Å². The van der Waals surface area contributed by atoms with Crippen LogP contribution >= 0.6 is 11.6 Å². The van der Waals surface area contributed by atoms with Gasteiger partial charge < -0.3 is 5.32 Å². The first-order valence-electron chi connectivity index (χ1n) is 7.52. The van der Waals surface area contributed by atoms with Gasteiger partial charge >= 0.3 is 0 Å². The third-order valence-corrected chi connectivity index (χ3v) is 5.72. The van der Waals surface area contributed by atoms with Crippen LogP contribution < -0.4 is 10.0 Å². The first-order valence-corrected chi connectivity index (χ1v) is 9.39. The van der Waals surface area contributed by atoms with Crippen LogP contribution in [-0.4, -0.2) is 29.1 Å². The number of carbonyl (C=O) groups is 1. The molecule has 0 aliphatic carbocycles. The first kappa shape index (κ1) is 16.6. The SMILES string of the molecule is O=C1Cc2cc(S(=O)(=O)Nc3ccc(-n4cncn4)cc3)c(Cl)cc2N1. The summed E-state index contributed by atoms with van der Waals surface area (Å²) in [6.45, 7) is 0. The third-order valence-electron chi connectivity index (χ3n) is 3.88. The number of carbonyl (C=O) groups excluding carboxylic acids is 1. The minimum atomic E-state index is -3.91. The molecule has 8 nitrogen and oxygen atoms in total. The number of aromatic nitrogens is 3. The van der Waals surface area contributed by atoms with Crippen molar-refractivity contribution < 1.29 is 13.2 Å². The lowest BCUT2D eigenvalue weighted by Crippen LogP contribution is -2.14. The Morgan fingerprint density at radius 2 is 1.96 bits per heavy atom. The van der Waals surface area contributed by atoms with Crippen molar-refractivity contribution in [1.29, 1.82) is 0 Å². The van der Waals surface area contributed by atoms with Crippen LogP contribution in [0.4, 0.5) is 11.4 Å². The number of hydrogen-bond acceptors (Lipinski definition) is 5. The normalized spacial score (nSPS) is 13.3. The molecule has 0 saturated carbocycles. The first-order chi connectivity index (χ1) is 12.4. The van der Waals surface area contributed by atoms with E-state index in [4.69, 9.17) is 11.6 Å². The van der Waals surface area contributed by atoms with Crippen LogP contribution in [0.3, 0.4) is 0 Å². The second-order valence-electron chi connectivity index (χ2n) is 5.66. The molecule has 0 saturated heterocycles. The smallest absolute Gasteiger partial charge is 0.263 e. The molecular weight excluding hydrogens is 378 g/mol. The van der Waals surface area contributed by atoms with Crippen molar-refractivity contribution in [2.45, 2.75) is 11.3 Å². The summed E-state index contributed by atoms with van der Waals surface area (Å²) < 4.78 is 29.4. The van der Waals surface area contributed by atoms with Gasteiger partial charge in [0, 0.05) is 11.4 Å². The second-order valence-corrected chi connectivity index (χ2v) is 7.72. The van der Waals surface area contributed by atoms with Crippen molar-refractivity contribution in [2.75, 3.05) is 10.0 Å². The van der Waals surface area contributed by atoms with E-state index in [0.29, 0.717) is 16.9 Å². The fraction of sp³-hybridized carbons (Fsp3) is 0.0625. The van der Waals surface area contributed by atoms with Crippen molar-refractivity contribution in [3.63, 3.8) is 0 Å². The van der Waals surface area contributed by atoms with Gasteiger partial charge in [0.1, 0.15) is 17.6 Å². The summed E-state index contributed by atoms with van der Waals surface area (Å²) in [4.78, 5) is 15.2. The third kappa shape index (κ3) is 3.02. The quantitative estimate of drug-likeness (QED) is 0.711. The molecule has 1 amide bonds. The summed E-state index contributed by atoms with van der Waals surface area (Å²) in [6.07, 6.45) is 3.08. The van der Waals surface area contributed by atoms with E-state index in [1.165, 1.54) is 18.5 Å². The Morgan fingerprint density at radius 3 is 2.65 bits per heavy atom. The maximum atomic E-state index is 12.7. The van der Waals surface area contributed by atoms with E-state index in [-0.39, 0.29) is 22.2 Å². The Hall–Kier alpha value is -2.91. The predicted octanol–water partition coefficient (Wildman–Crippen LogP) is 2.22. The highest BCUT2D eigenvalue weighted by molar-refractivity contribution is 7.92.